The van der Waals surface area contributed by atoms with E-state index in [0.717, 1.165) is 0 Å². The lowest BCUT2D eigenvalue weighted by molar-refractivity contribution is -0.0393. The minimum atomic E-state index is -0.522. The monoisotopic (exact) mass is 214 g/mol. The molecule has 0 aliphatic carbocycles. The first-order chi connectivity index (χ1) is 6.97. The number of ether oxygens (including phenoxy) is 2. The van der Waals surface area contributed by atoms with E-state index in [9.17, 15) is 0 Å². The number of methoxy groups -OCH3 is 1. The molecule has 0 saturated carbocycles. The van der Waals surface area contributed by atoms with E-state index in [0.29, 0.717) is 13.0 Å². The molecule has 88 valence electrons. The number of hydrogen-bond acceptors (Lipinski definition) is 4. The largest absolute Gasteiger partial charge is 0.382 e. The van der Waals surface area contributed by atoms with E-state index in [1.54, 1.807) is 14.2 Å². The molecule has 3 atom stereocenters. The van der Waals surface area contributed by atoms with Gasteiger partial charge in [0, 0.05) is 13.5 Å². The number of nitrogens with one attached hydrogen (secondary N) is 1. The van der Waals surface area contributed by atoms with E-state index in [2.05, 4.69) is 11.4 Å². The zero-order chi connectivity index (χ0) is 11.9. The Balaban J connectivity index is 4.02. The Morgan fingerprint density at radius 3 is 2.40 bits per heavy atom. The third kappa shape index (κ3) is 5.73. The molecule has 0 aliphatic heterocycles. The molecule has 0 aromatic carbocycles. The average molecular weight is 214 g/mol. The van der Waals surface area contributed by atoms with Crippen molar-refractivity contribution < 1.29 is 9.47 Å². The summed E-state index contributed by atoms with van der Waals surface area (Å²) in [5, 5.41) is 12.0. The smallest absolute Gasteiger partial charge is 0.106 e. The SMILES string of the molecule is CNC(C)(C#N)CC(C)OC(C)COC. The average Bonchev–Trinajstić information content (AvgIpc) is 2.17. The fourth-order valence-electron chi connectivity index (χ4n) is 1.50. The van der Waals surface area contributed by atoms with Crippen LogP contribution in [-0.4, -0.2) is 38.5 Å². The van der Waals surface area contributed by atoms with Crippen LogP contribution in [0.1, 0.15) is 27.2 Å². The molecule has 0 radical (unpaired) electrons. The van der Waals surface area contributed by atoms with Gasteiger partial charge < -0.3 is 14.8 Å². The summed E-state index contributed by atoms with van der Waals surface area (Å²) in [4.78, 5) is 0. The Labute approximate surface area is 92.6 Å². The lowest BCUT2D eigenvalue weighted by Gasteiger charge is -2.26. The maximum Gasteiger partial charge on any atom is 0.106 e. The van der Waals surface area contributed by atoms with Gasteiger partial charge in [0.1, 0.15) is 5.54 Å². The van der Waals surface area contributed by atoms with E-state index in [1.165, 1.54) is 0 Å². The molecule has 0 spiro atoms. The van der Waals surface area contributed by atoms with Gasteiger partial charge >= 0.3 is 0 Å². The van der Waals surface area contributed by atoms with Crippen LogP contribution in [0.15, 0.2) is 0 Å². The molecule has 4 heteroatoms. The van der Waals surface area contributed by atoms with Crippen LogP contribution < -0.4 is 5.32 Å². The Hall–Kier alpha value is -0.630. The normalized spacial score (nSPS) is 18.9. The molecule has 0 aliphatic rings. The third-order valence-corrected chi connectivity index (χ3v) is 2.36. The summed E-state index contributed by atoms with van der Waals surface area (Å²) in [5.74, 6) is 0. The second-order valence-corrected chi connectivity index (χ2v) is 4.11. The molecule has 0 fully saturated rings. The zero-order valence-corrected chi connectivity index (χ0v) is 10.3. The summed E-state index contributed by atoms with van der Waals surface area (Å²) in [6.07, 6.45) is 0.755. The summed E-state index contributed by atoms with van der Waals surface area (Å²) >= 11 is 0. The van der Waals surface area contributed by atoms with Crippen molar-refractivity contribution in [2.45, 2.75) is 44.9 Å². The van der Waals surface area contributed by atoms with Gasteiger partial charge in [0.2, 0.25) is 0 Å². The highest BCUT2D eigenvalue weighted by Gasteiger charge is 2.25. The topological polar surface area (TPSA) is 54.3 Å². The molecule has 0 aromatic rings. The quantitative estimate of drug-likeness (QED) is 0.694. The number of rotatable bonds is 7. The first-order valence-corrected chi connectivity index (χ1v) is 5.22. The van der Waals surface area contributed by atoms with Crippen LogP contribution in [0.3, 0.4) is 0 Å². The lowest BCUT2D eigenvalue weighted by atomic mass is 9.97. The molecule has 1 N–H and O–H groups in total. The minimum Gasteiger partial charge on any atom is -0.382 e. The number of nitriles is 1. The van der Waals surface area contributed by atoms with Crippen molar-refractivity contribution >= 4 is 0 Å². The van der Waals surface area contributed by atoms with Gasteiger partial charge in [-0.15, -0.1) is 0 Å². The standard InChI is InChI=1S/C11H22N2O2/c1-9(15-10(2)7-14-5)6-11(3,8-12)13-4/h9-10,13H,6-7H2,1-5H3. The molecule has 3 unspecified atom stereocenters. The van der Waals surface area contributed by atoms with E-state index >= 15 is 0 Å². The van der Waals surface area contributed by atoms with Crippen LogP contribution in [0.2, 0.25) is 0 Å². The van der Waals surface area contributed by atoms with Crippen molar-refractivity contribution in [2.75, 3.05) is 20.8 Å². The van der Waals surface area contributed by atoms with Gasteiger partial charge in [0.25, 0.3) is 0 Å². The summed E-state index contributed by atoms with van der Waals surface area (Å²) in [6, 6.07) is 2.24. The highest BCUT2D eigenvalue weighted by atomic mass is 16.5. The molecule has 0 aromatic heterocycles. The van der Waals surface area contributed by atoms with Crippen molar-refractivity contribution in [3.8, 4) is 6.07 Å². The summed E-state index contributed by atoms with van der Waals surface area (Å²) in [5.41, 5.74) is -0.522. The van der Waals surface area contributed by atoms with Gasteiger partial charge in [0.05, 0.1) is 24.9 Å². The van der Waals surface area contributed by atoms with Gasteiger partial charge in [-0.2, -0.15) is 5.26 Å². The Morgan fingerprint density at radius 2 is 2.00 bits per heavy atom. The molecule has 0 bridgehead atoms. The van der Waals surface area contributed by atoms with Crippen molar-refractivity contribution in [2.24, 2.45) is 0 Å². The van der Waals surface area contributed by atoms with Crippen molar-refractivity contribution in [3.63, 3.8) is 0 Å². The second-order valence-electron chi connectivity index (χ2n) is 4.11. The van der Waals surface area contributed by atoms with Gasteiger partial charge in [-0.1, -0.05) is 0 Å². The van der Waals surface area contributed by atoms with Crippen molar-refractivity contribution in [1.29, 1.82) is 5.26 Å². The van der Waals surface area contributed by atoms with Gasteiger partial charge in [-0.25, -0.2) is 0 Å². The van der Waals surface area contributed by atoms with Crippen molar-refractivity contribution in [1.82, 2.24) is 5.32 Å². The molecule has 0 saturated heterocycles. The van der Waals surface area contributed by atoms with Crippen LogP contribution in [0.5, 0.6) is 0 Å². The molecule has 15 heavy (non-hydrogen) atoms. The number of hydrogen-bond donors (Lipinski definition) is 1. The van der Waals surface area contributed by atoms with Crippen molar-refractivity contribution in [3.05, 3.63) is 0 Å². The molecule has 0 amide bonds. The lowest BCUT2D eigenvalue weighted by Crippen LogP contribution is -2.42. The van der Waals surface area contributed by atoms with Gasteiger partial charge in [-0.3, -0.25) is 0 Å². The van der Waals surface area contributed by atoms with E-state index in [-0.39, 0.29) is 12.2 Å². The maximum absolute atomic E-state index is 8.98. The Morgan fingerprint density at radius 1 is 1.40 bits per heavy atom. The fourth-order valence-corrected chi connectivity index (χ4v) is 1.50. The summed E-state index contributed by atoms with van der Waals surface area (Å²) in [6.45, 7) is 6.38. The van der Waals surface area contributed by atoms with Crippen LogP contribution >= 0.6 is 0 Å². The van der Waals surface area contributed by atoms with Crippen LogP contribution in [-0.2, 0) is 9.47 Å². The van der Waals surface area contributed by atoms with Crippen LogP contribution in [0.25, 0.3) is 0 Å². The summed E-state index contributed by atoms with van der Waals surface area (Å²) < 4.78 is 10.7. The second kappa shape index (κ2) is 6.78. The molecule has 0 rings (SSSR count). The zero-order valence-electron chi connectivity index (χ0n) is 10.3. The van der Waals surface area contributed by atoms with E-state index in [4.69, 9.17) is 14.7 Å². The van der Waals surface area contributed by atoms with Gasteiger partial charge in [0.15, 0.2) is 0 Å². The molecule has 0 heterocycles. The summed E-state index contributed by atoms with van der Waals surface area (Å²) in [7, 11) is 3.44. The van der Waals surface area contributed by atoms with E-state index < -0.39 is 5.54 Å². The predicted octanol–water partition coefficient (Wildman–Crippen LogP) is 1.32. The Kier molecular flexibility index (Phi) is 6.50. The van der Waals surface area contributed by atoms with Gasteiger partial charge in [-0.05, 0) is 27.8 Å². The Bertz CT molecular complexity index is 215. The van der Waals surface area contributed by atoms with Crippen LogP contribution in [0, 0.1) is 11.3 Å². The molecule has 4 nitrogen and oxygen atoms in total. The van der Waals surface area contributed by atoms with E-state index in [1.807, 2.05) is 20.8 Å². The molecular formula is C11H22N2O2. The van der Waals surface area contributed by atoms with Crippen LogP contribution in [0.4, 0.5) is 0 Å². The minimum absolute atomic E-state index is 0.0345. The number of nitrogens with zero attached hydrogens (tertiary/aromatic N) is 1. The molecular weight excluding hydrogens is 192 g/mol. The predicted molar refractivity (Wildman–Crippen MR) is 59.6 cm³/mol. The maximum atomic E-state index is 8.98. The first-order valence-electron chi connectivity index (χ1n) is 5.22. The third-order valence-electron chi connectivity index (χ3n) is 2.36. The highest BCUT2D eigenvalue weighted by Crippen LogP contribution is 2.14. The fraction of sp³-hybridized carbons (Fsp3) is 0.909. The first kappa shape index (κ1) is 14.4. The highest BCUT2D eigenvalue weighted by molar-refractivity contribution is 5.03.